The van der Waals surface area contributed by atoms with Gasteiger partial charge in [-0.1, -0.05) is 29.8 Å². The number of halogens is 1. The molecule has 0 aliphatic carbocycles. The zero-order valence-electron chi connectivity index (χ0n) is 13.4. The summed E-state index contributed by atoms with van der Waals surface area (Å²) in [7, 11) is 0. The Labute approximate surface area is 131 Å². The summed E-state index contributed by atoms with van der Waals surface area (Å²) in [6.07, 6.45) is 0.447. The van der Waals surface area contributed by atoms with E-state index >= 15 is 0 Å². The lowest BCUT2D eigenvalue weighted by Crippen LogP contribution is -2.26. The summed E-state index contributed by atoms with van der Waals surface area (Å²) >= 11 is 6.35. The first-order chi connectivity index (χ1) is 9.76. The molecule has 114 valence electrons. The second-order valence-electron chi connectivity index (χ2n) is 5.91. The van der Waals surface area contributed by atoms with Gasteiger partial charge in [-0.25, -0.2) is 0 Å². The van der Waals surface area contributed by atoms with Crippen molar-refractivity contribution in [2.75, 3.05) is 0 Å². The minimum absolute atomic E-state index is 0.447. The number of aliphatic hydroxyl groups is 1. The van der Waals surface area contributed by atoms with Gasteiger partial charge >= 0.3 is 0 Å². The van der Waals surface area contributed by atoms with Crippen LogP contribution >= 0.6 is 11.6 Å². The van der Waals surface area contributed by atoms with Crippen LogP contribution in [0.25, 0.3) is 0 Å². The molecule has 1 atom stereocenters. The largest absolute Gasteiger partial charge is 0.385 e. The summed E-state index contributed by atoms with van der Waals surface area (Å²) in [4.78, 5) is 0. The van der Waals surface area contributed by atoms with E-state index in [0.717, 1.165) is 23.5 Å². The summed E-state index contributed by atoms with van der Waals surface area (Å²) in [5, 5.41) is 16.0. The predicted molar refractivity (Wildman–Crippen MR) is 86.8 cm³/mol. The molecular formula is C17H23ClN2O. The Kier molecular flexibility index (Phi) is 4.45. The first-order valence-electron chi connectivity index (χ1n) is 7.28. The Bertz CT molecular complexity index is 659. The van der Waals surface area contributed by atoms with Crippen LogP contribution in [-0.2, 0) is 18.6 Å². The monoisotopic (exact) mass is 306 g/mol. The quantitative estimate of drug-likeness (QED) is 0.929. The second-order valence-corrected chi connectivity index (χ2v) is 6.29. The molecule has 0 fully saturated rings. The Morgan fingerprint density at radius 2 is 1.90 bits per heavy atom. The summed E-state index contributed by atoms with van der Waals surface area (Å²) in [6.45, 7) is 10.6. The Morgan fingerprint density at radius 3 is 2.48 bits per heavy atom. The molecule has 0 saturated heterocycles. The highest BCUT2D eigenvalue weighted by Crippen LogP contribution is 2.31. The molecule has 1 unspecified atom stereocenters. The van der Waals surface area contributed by atoms with Crippen LogP contribution in [0.1, 0.15) is 41.9 Å². The molecule has 0 aliphatic heterocycles. The van der Waals surface area contributed by atoms with Gasteiger partial charge in [-0.2, -0.15) is 5.10 Å². The van der Waals surface area contributed by atoms with Gasteiger partial charge in [-0.3, -0.25) is 4.68 Å². The first kappa shape index (κ1) is 16.1. The molecular weight excluding hydrogens is 284 g/mol. The summed E-state index contributed by atoms with van der Waals surface area (Å²) in [5.74, 6) is 0. The lowest BCUT2D eigenvalue weighted by atomic mass is 9.89. The Balaban J connectivity index is 2.39. The average molecular weight is 307 g/mol. The maximum atomic E-state index is 10.9. The maximum absolute atomic E-state index is 10.9. The van der Waals surface area contributed by atoms with Gasteiger partial charge in [-0.05, 0) is 51.3 Å². The highest BCUT2D eigenvalue weighted by Gasteiger charge is 2.28. The number of aromatic nitrogens is 2. The summed E-state index contributed by atoms with van der Waals surface area (Å²) in [6, 6.07) is 6.07. The number of rotatable bonds is 4. The molecule has 2 aromatic rings. The van der Waals surface area contributed by atoms with Crippen molar-refractivity contribution in [1.29, 1.82) is 0 Å². The lowest BCUT2D eigenvalue weighted by Gasteiger charge is -2.25. The zero-order valence-corrected chi connectivity index (χ0v) is 14.1. The Morgan fingerprint density at radius 1 is 1.24 bits per heavy atom. The van der Waals surface area contributed by atoms with E-state index in [-0.39, 0.29) is 0 Å². The molecule has 4 heteroatoms. The van der Waals surface area contributed by atoms with Crippen LogP contribution in [0.15, 0.2) is 18.2 Å². The van der Waals surface area contributed by atoms with Crippen LogP contribution < -0.4 is 0 Å². The van der Waals surface area contributed by atoms with Crippen molar-refractivity contribution in [3.8, 4) is 0 Å². The standard InChI is InChI=1S/C17H23ClN2O/c1-6-20-15(16(18)13(4)19-20)10-17(5,21)14-8-7-11(2)12(3)9-14/h7-9,21H,6,10H2,1-5H3. The van der Waals surface area contributed by atoms with E-state index in [1.165, 1.54) is 11.1 Å². The van der Waals surface area contributed by atoms with Crippen molar-refractivity contribution in [1.82, 2.24) is 9.78 Å². The van der Waals surface area contributed by atoms with E-state index in [4.69, 9.17) is 11.6 Å². The number of hydrogen-bond donors (Lipinski definition) is 1. The number of hydrogen-bond acceptors (Lipinski definition) is 2. The van der Waals surface area contributed by atoms with E-state index in [2.05, 4.69) is 18.9 Å². The zero-order chi connectivity index (χ0) is 15.8. The molecule has 0 saturated carbocycles. The van der Waals surface area contributed by atoms with Crippen LogP contribution in [0.3, 0.4) is 0 Å². The summed E-state index contributed by atoms with van der Waals surface area (Å²) in [5.41, 5.74) is 4.04. The molecule has 3 nitrogen and oxygen atoms in total. The van der Waals surface area contributed by atoms with Crippen LogP contribution in [0.5, 0.6) is 0 Å². The molecule has 0 spiro atoms. The second kappa shape index (κ2) is 5.82. The van der Waals surface area contributed by atoms with E-state index in [1.54, 1.807) is 0 Å². The van der Waals surface area contributed by atoms with Crippen LogP contribution in [0.4, 0.5) is 0 Å². The van der Waals surface area contributed by atoms with Gasteiger partial charge in [0.25, 0.3) is 0 Å². The van der Waals surface area contributed by atoms with Gasteiger partial charge < -0.3 is 5.11 Å². The fourth-order valence-electron chi connectivity index (χ4n) is 2.54. The molecule has 0 amide bonds. The molecule has 1 N–H and O–H groups in total. The van der Waals surface area contributed by atoms with Crippen LogP contribution in [-0.4, -0.2) is 14.9 Å². The Hall–Kier alpha value is -1.32. The topological polar surface area (TPSA) is 38.0 Å². The summed E-state index contributed by atoms with van der Waals surface area (Å²) < 4.78 is 1.87. The van der Waals surface area contributed by atoms with E-state index in [0.29, 0.717) is 11.4 Å². The van der Waals surface area contributed by atoms with E-state index in [9.17, 15) is 5.11 Å². The van der Waals surface area contributed by atoms with Crippen LogP contribution in [0.2, 0.25) is 5.02 Å². The van der Waals surface area contributed by atoms with Gasteiger partial charge in [-0.15, -0.1) is 0 Å². The predicted octanol–water partition coefficient (Wildman–Crippen LogP) is 3.93. The average Bonchev–Trinajstić information content (AvgIpc) is 2.69. The van der Waals surface area contributed by atoms with E-state index in [1.807, 2.05) is 43.7 Å². The van der Waals surface area contributed by atoms with Crippen molar-refractivity contribution in [2.24, 2.45) is 0 Å². The molecule has 1 heterocycles. The van der Waals surface area contributed by atoms with Crippen molar-refractivity contribution in [2.45, 2.75) is 53.2 Å². The third-order valence-electron chi connectivity index (χ3n) is 4.09. The van der Waals surface area contributed by atoms with Gasteiger partial charge in [0, 0.05) is 13.0 Å². The molecule has 1 aromatic carbocycles. The number of aryl methyl sites for hydroxylation is 4. The van der Waals surface area contributed by atoms with Crippen molar-refractivity contribution in [3.63, 3.8) is 0 Å². The first-order valence-corrected chi connectivity index (χ1v) is 7.66. The maximum Gasteiger partial charge on any atom is 0.0924 e. The minimum atomic E-state index is -0.971. The fraction of sp³-hybridized carbons (Fsp3) is 0.471. The van der Waals surface area contributed by atoms with Crippen molar-refractivity contribution < 1.29 is 5.11 Å². The smallest absolute Gasteiger partial charge is 0.0924 e. The van der Waals surface area contributed by atoms with Gasteiger partial charge in [0.05, 0.1) is 22.0 Å². The number of nitrogens with zero attached hydrogens (tertiary/aromatic N) is 2. The van der Waals surface area contributed by atoms with Gasteiger partial charge in [0.15, 0.2) is 0 Å². The van der Waals surface area contributed by atoms with Gasteiger partial charge in [0.1, 0.15) is 0 Å². The van der Waals surface area contributed by atoms with E-state index < -0.39 is 5.60 Å². The van der Waals surface area contributed by atoms with Crippen molar-refractivity contribution in [3.05, 3.63) is 51.3 Å². The normalized spacial score (nSPS) is 14.2. The molecule has 0 bridgehead atoms. The molecule has 0 radical (unpaired) electrons. The van der Waals surface area contributed by atoms with Gasteiger partial charge in [0.2, 0.25) is 0 Å². The molecule has 0 aliphatic rings. The van der Waals surface area contributed by atoms with Crippen LogP contribution in [0, 0.1) is 20.8 Å². The minimum Gasteiger partial charge on any atom is -0.385 e. The fourth-order valence-corrected chi connectivity index (χ4v) is 2.74. The van der Waals surface area contributed by atoms with Crippen molar-refractivity contribution >= 4 is 11.6 Å². The molecule has 21 heavy (non-hydrogen) atoms. The molecule has 2 rings (SSSR count). The number of benzene rings is 1. The highest BCUT2D eigenvalue weighted by atomic mass is 35.5. The third kappa shape index (κ3) is 3.14. The highest BCUT2D eigenvalue weighted by molar-refractivity contribution is 6.31. The lowest BCUT2D eigenvalue weighted by molar-refractivity contribution is 0.0553. The SMILES string of the molecule is CCn1nc(C)c(Cl)c1CC(C)(O)c1ccc(C)c(C)c1. The molecule has 1 aromatic heterocycles. The third-order valence-corrected chi connectivity index (χ3v) is 4.58.